The molecule has 2 N–H and O–H groups in total. The number of benzene rings is 2. The molecule has 0 spiro atoms. The zero-order valence-corrected chi connectivity index (χ0v) is 20.4. The number of hydrogen-bond acceptors (Lipinski definition) is 6. The summed E-state index contributed by atoms with van der Waals surface area (Å²) < 4.78 is 0. The molecule has 2 aliphatic rings. The van der Waals surface area contributed by atoms with Crippen molar-refractivity contribution >= 4 is 11.4 Å². The average Bonchev–Trinajstić information content (AvgIpc) is 2.86. The van der Waals surface area contributed by atoms with Crippen molar-refractivity contribution in [1.82, 2.24) is 0 Å². The third-order valence-corrected chi connectivity index (χ3v) is 8.56. The van der Waals surface area contributed by atoms with E-state index >= 15 is 0 Å². The first kappa shape index (κ1) is 24.7. The van der Waals surface area contributed by atoms with Gasteiger partial charge in [0.05, 0.1) is 10.6 Å². The second-order valence-corrected chi connectivity index (χ2v) is 10.1. The number of nitro groups is 1. The third kappa shape index (κ3) is 4.28. The number of nitro benzene ring substituents is 1. The van der Waals surface area contributed by atoms with Crippen LogP contribution in [0.15, 0.2) is 47.6 Å². The molecule has 2 aromatic rings. The van der Waals surface area contributed by atoms with E-state index in [0.29, 0.717) is 12.8 Å². The number of fused-ring (bicyclic) bond motifs is 3. The number of non-ortho nitro benzene ring substituents is 1. The standard InChI is InChI=1S/C28H32N2O5/c1-5-28(32,6-2)27(4)14-13-23-22-12-11-21(31)15-25(22)26(16-24(23)18(27)3)29-35-17-19-7-9-20(10-8-19)30(33)34/h1,7-12,15,18,23-24,31-32H,6,13-14,16-17H2,2-4H3/b29-26+/t18?,23?,24-,27-,28-/m0/s1. The van der Waals surface area contributed by atoms with E-state index in [9.17, 15) is 20.3 Å². The van der Waals surface area contributed by atoms with Gasteiger partial charge >= 0.3 is 0 Å². The molecule has 0 heterocycles. The summed E-state index contributed by atoms with van der Waals surface area (Å²) in [6, 6.07) is 11.6. The van der Waals surface area contributed by atoms with Gasteiger partial charge in [0.2, 0.25) is 0 Å². The Morgan fingerprint density at radius 3 is 2.66 bits per heavy atom. The Balaban J connectivity index is 1.63. The molecule has 7 nitrogen and oxygen atoms in total. The van der Waals surface area contributed by atoms with Gasteiger partial charge in [0, 0.05) is 23.1 Å². The summed E-state index contributed by atoms with van der Waals surface area (Å²) >= 11 is 0. The lowest BCUT2D eigenvalue weighted by molar-refractivity contribution is -0.384. The van der Waals surface area contributed by atoms with Crippen LogP contribution in [0.5, 0.6) is 5.75 Å². The van der Waals surface area contributed by atoms with E-state index in [4.69, 9.17) is 11.3 Å². The number of aromatic hydroxyl groups is 1. The monoisotopic (exact) mass is 476 g/mol. The molecule has 0 radical (unpaired) electrons. The van der Waals surface area contributed by atoms with Crippen LogP contribution in [-0.4, -0.2) is 26.4 Å². The van der Waals surface area contributed by atoms with Crippen molar-refractivity contribution in [2.45, 2.75) is 64.6 Å². The van der Waals surface area contributed by atoms with Crippen LogP contribution in [0, 0.1) is 39.7 Å². The maximum absolute atomic E-state index is 11.3. The molecule has 1 fully saturated rings. The fourth-order valence-electron chi connectivity index (χ4n) is 6.11. The maximum Gasteiger partial charge on any atom is 0.269 e. The number of oxime groups is 1. The molecule has 0 amide bonds. The third-order valence-electron chi connectivity index (χ3n) is 8.56. The van der Waals surface area contributed by atoms with Crippen molar-refractivity contribution in [3.05, 3.63) is 69.3 Å². The van der Waals surface area contributed by atoms with Crippen LogP contribution in [0.1, 0.15) is 69.1 Å². The van der Waals surface area contributed by atoms with Crippen LogP contribution >= 0.6 is 0 Å². The van der Waals surface area contributed by atoms with Crippen LogP contribution in [0.4, 0.5) is 5.69 Å². The number of aliphatic hydroxyl groups is 1. The summed E-state index contributed by atoms with van der Waals surface area (Å²) in [6.07, 6.45) is 8.66. The van der Waals surface area contributed by atoms with Gasteiger partial charge in [-0.15, -0.1) is 6.42 Å². The summed E-state index contributed by atoms with van der Waals surface area (Å²) in [4.78, 5) is 16.1. The molecular formula is C28H32N2O5. The van der Waals surface area contributed by atoms with Crippen molar-refractivity contribution < 1.29 is 20.0 Å². The SMILES string of the molecule is C#C[C@](O)(CC)[C@@]1(C)CCC2c3ccc(O)cc3/C(=N/OCc3ccc([N+](=O)[O-])cc3)C[C@H]2C1C. The summed E-state index contributed by atoms with van der Waals surface area (Å²) in [7, 11) is 0. The first-order valence-electron chi connectivity index (χ1n) is 12.1. The second-order valence-electron chi connectivity index (χ2n) is 10.1. The Hall–Kier alpha value is -3.37. The molecule has 0 bridgehead atoms. The molecule has 2 aliphatic carbocycles. The van der Waals surface area contributed by atoms with Gasteiger partial charge in [-0.05, 0) is 78.8 Å². The predicted octanol–water partition coefficient (Wildman–Crippen LogP) is 5.54. The molecule has 184 valence electrons. The van der Waals surface area contributed by atoms with E-state index in [1.807, 2.05) is 13.0 Å². The van der Waals surface area contributed by atoms with E-state index in [0.717, 1.165) is 35.2 Å². The van der Waals surface area contributed by atoms with Crippen LogP contribution in [-0.2, 0) is 11.4 Å². The highest BCUT2D eigenvalue weighted by atomic mass is 16.6. The molecule has 2 aromatic carbocycles. The number of hydrogen-bond donors (Lipinski definition) is 2. The van der Waals surface area contributed by atoms with Crippen molar-refractivity contribution in [2.24, 2.45) is 22.4 Å². The molecule has 35 heavy (non-hydrogen) atoms. The van der Waals surface area contributed by atoms with Gasteiger partial charge < -0.3 is 15.1 Å². The quantitative estimate of drug-likeness (QED) is 0.324. The fourth-order valence-corrected chi connectivity index (χ4v) is 6.11. The van der Waals surface area contributed by atoms with Gasteiger partial charge in [0.15, 0.2) is 0 Å². The summed E-state index contributed by atoms with van der Waals surface area (Å²) in [5, 5.41) is 36.8. The lowest BCUT2D eigenvalue weighted by Crippen LogP contribution is -2.55. The van der Waals surface area contributed by atoms with E-state index in [1.54, 1.807) is 24.3 Å². The average molecular weight is 477 g/mol. The largest absolute Gasteiger partial charge is 0.508 e. The van der Waals surface area contributed by atoms with Crippen molar-refractivity contribution in [2.75, 3.05) is 0 Å². The van der Waals surface area contributed by atoms with Gasteiger partial charge in [0.1, 0.15) is 18.0 Å². The van der Waals surface area contributed by atoms with Crippen LogP contribution in [0.3, 0.4) is 0 Å². The molecule has 0 aromatic heterocycles. The van der Waals surface area contributed by atoms with Crippen LogP contribution in [0.2, 0.25) is 0 Å². The number of rotatable bonds is 6. The zero-order valence-electron chi connectivity index (χ0n) is 20.4. The summed E-state index contributed by atoms with van der Waals surface area (Å²) in [5.74, 6) is 3.48. The van der Waals surface area contributed by atoms with E-state index < -0.39 is 15.9 Å². The number of phenolic OH excluding ortho intramolecular Hbond substituents is 1. The van der Waals surface area contributed by atoms with Gasteiger partial charge in [0.25, 0.3) is 5.69 Å². The Kier molecular flexibility index (Phi) is 6.61. The number of phenols is 1. The van der Waals surface area contributed by atoms with Gasteiger partial charge in [-0.25, -0.2) is 0 Å². The molecule has 5 atom stereocenters. The minimum absolute atomic E-state index is 0.0242. The normalized spacial score (nSPS) is 28.3. The Labute approximate surface area is 206 Å². The van der Waals surface area contributed by atoms with E-state index in [1.165, 1.54) is 12.1 Å². The minimum atomic E-state index is -1.18. The maximum atomic E-state index is 11.3. The number of terminal acetylenes is 1. The van der Waals surface area contributed by atoms with Gasteiger partial charge in [-0.2, -0.15) is 0 Å². The Morgan fingerprint density at radius 1 is 1.31 bits per heavy atom. The zero-order chi connectivity index (χ0) is 25.4. The molecule has 4 rings (SSSR count). The summed E-state index contributed by atoms with van der Waals surface area (Å²) in [6.45, 7) is 6.38. The Morgan fingerprint density at radius 2 is 2.03 bits per heavy atom. The topological polar surface area (TPSA) is 105 Å². The highest BCUT2D eigenvalue weighted by molar-refractivity contribution is 6.03. The fraction of sp³-hybridized carbons (Fsp3) is 0.464. The Bertz CT molecular complexity index is 1180. The molecule has 0 saturated heterocycles. The first-order chi connectivity index (χ1) is 16.6. The molecule has 7 heteroatoms. The molecule has 0 aliphatic heterocycles. The molecule has 2 unspecified atom stereocenters. The number of nitrogens with zero attached hydrogens (tertiary/aromatic N) is 2. The van der Waals surface area contributed by atoms with Crippen molar-refractivity contribution in [1.29, 1.82) is 0 Å². The predicted molar refractivity (Wildman–Crippen MR) is 134 cm³/mol. The first-order valence-corrected chi connectivity index (χ1v) is 12.1. The highest BCUT2D eigenvalue weighted by Gasteiger charge is 2.55. The summed E-state index contributed by atoms with van der Waals surface area (Å²) in [5.41, 5.74) is 1.94. The van der Waals surface area contributed by atoms with E-state index in [2.05, 4.69) is 24.9 Å². The smallest absolute Gasteiger partial charge is 0.269 e. The van der Waals surface area contributed by atoms with Crippen LogP contribution < -0.4 is 0 Å². The second kappa shape index (κ2) is 9.35. The minimum Gasteiger partial charge on any atom is -0.508 e. The lowest BCUT2D eigenvalue weighted by atomic mass is 9.50. The lowest BCUT2D eigenvalue weighted by Gasteiger charge is -2.55. The molecule has 1 saturated carbocycles. The van der Waals surface area contributed by atoms with Crippen molar-refractivity contribution in [3.63, 3.8) is 0 Å². The van der Waals surface area contributed by atoms with Crippen LogP contribution in [0.25, 0.3) is 0 Å². The van der Waals surface area contributed by atoms with Crippen molar-refractivity contribution in [3.8, 4) is 18.1 Å². The van der Waals surface area contributed by atoms with Gasteiger partial charge in [-0.3, -0.25) is 10.1 Å². The van der Waals surface area contributed by atoms with E-state index in [-0.39, 0.29) is 35.8 Å². The van der Waals surface area contributed by atoms with Gasteiger partial charge in [-0.1, -0.05) is 37.9 Å². The molecular weight excluding hydrogens is 444 g/mol. The highest BCUT2D eigenvalue weighted by Crippen LogP contribution is 2.58.